The Bertz CT molecular complexity index is 3910. The molecule has 0 aliphatic rings. The van der Waals surface area contributed by atoms with Gasteiger partial charge in [-0.2, -0.15) is 0 Å². The summed E-state index contributed by atoms with van der Waals surface area (Å²) >= 11 is 0. The summed E-state index contributed by atoms with van der Waals surface area (Å²) in [6.07, 6.45) is 0. The molecule has 2 heterocycles. The summed E-state index contributed by atoms with van der Waals surface area (Å²) in [4.78, 5) is 12.3. The SMILES string of the molecule is c1ccc(-c2nc3ccc4ccc5ccc(N(c6cccc(S(c7ccccc7)(c7ccccc7)c7ccc8oc9ccccc9c8c7)c6)c6ccc7ccccc7c6)cc5c4c3o2)cc1. The smallest absolute Gasteiger partial charge is 0.227 e. The maximum absolute atomic E-state index is 6.69. The van der Waals surface area contributed by atoms with Crippen LogP contribution in [-0.2, 0) is 0 Å². The van der Waals surface area contributed by atoms with E-state index in [0.717, 1.165) is 77.2 Å². The number of aromatic nitrogens is 1. The molecular formula is C61H40N2O2S. The van der Waals surface area contributed by atoms with Crippen LogP contribution in [0.4, 0.5) is 17.1 Å². The fourth-order valence-electron chi connectivity index (χ4n) is 9.89. The molecule has 0 unspecified atom stereocenters. The molecule has 11 aromatic carbocycles. The molecule has 312 valence electrons. The highest BCUT2D eigenvalue weighted by Crippen LogP contribution is 2.74. The molecule has 0 saturated carbocycles. The van der Waals surface area contributed by atoms with Gasteiger partial charge in [0.25, 0.3) is 0 Å². The topological polar surface area (TPSA) is 42.4 Å². The van der Waals surface area contributed by atoms with Crippen molar-refractivity contribution >= 4 is 92.4 Å². The van der Waals surface area contributed by atoms with Gasteiger partial charge in [0.1, 0.15) is 16.7 Å². The number of anilines is 3. The van der Waals surface area contributed by atoms with Crippen LogP contribution in [0.15, 0.2) is 271 Å². The third kappa shape index (κ3) is 6.12. The van der Waals surface area contributed by atoms with Crippen LogP contribution < -0.4 is 4.90 Å². The van der Waals surface area contributed by atoms with Gasteiger partial charge in [-0.1, -0.05) is 133 Å². The molecule has 0 N–H and O–H groups in total. The average molecular weight is 865 g/mol. The lowest BCUT2D eigenvalue weighted by atomic mass is 10.00. The number of hydrogen-bond acceptors (Lipinski definition) is 4. The van der Waals surface area contributed by atoms with Crippen molar-refractivity contribution in [1.82, 2.24) is 4.98 Å². The predicted molar refractivity (Wildman–Crippen MR) is 274 cm³/mol. The lowest BCUT2D eigenvalue weighted by Crippen LogP contribution is -2.11. The van der Waals surface area contributed by atoms with E-state index in [1.807, 2.05) is 36.4 Å². The number of rotatable bonds is 8. The number of furan rings is 1. The van der Waals surface area contributed by atoms with Gasteiger partial charge in [0.05, 0.1) is 0 Å². The minimum atomic E-state index is -2.10. The maximum Gasteiger partial charge on any atom is 0.227 e. The summed E-state index contributed by atoms with van der Waals surface area (Å²) in [5, 5.41) is 8.97. The average Bonchev–Trinajstić information content (AvgIpc) is 4.00. The number of nitrogens with zero attached hydrogens (tertiary/aromatic N) is 2. The predicted octanol–water partition coefficient (Wildman–Crippen LogP) is 17.7. The number of para-hydroxylation sites is 1. The van der Waals surface area contributed by atoms with Crippen molar-refractivity contribution in [2.24, 2.45) is 0 Å². The van der Waals surface area contributed by atoms with Crippen molar-refractivity contribution in [2.75, 3.05) is 4.90 Å². The van der Waals surface area contributed by atoms with Gasteiger partial charge in [0.15, 0.2) is 5.58 Å². The Morgan fingerprint density at radius 1 is 0.348 bits per heavy atom. The Morgan fingerprint density at radius 3 is 1.74 bits per heavy atom. The van der Waals surface area contributed by atoms with E-state index in [9.17, 15) is 0 Å². The molecule has 66 heavy (non-hydrogen) atoms. The zero-order chi connectivity index (χ0) is 43.6. The van der Waals surface area contributed by atoms with Crippen molar-refractivity contribution < 1.29 is 8.83 Å². The lowest BCUT2D eigenvalue weighted by Gasteiger charge is -2.42. The maximum atomic E-state index is 6.69. The van der Waals surface area contributed by atoms with Crippen LogP contribution in [0.1, 0.15) is 0 Å². The van der Waals surface area contributed by atoms with Gasteiger partial charge in [-0.25, -0.2) is 4.98 Å². The van der Waals surface area contributed by atoms with Crippen molar-refractivity contribution in [1.29, 1.82) is 0 Å². The first kappa shape index (κ1) is 38.1. The normalized spacial score (nSPS) is 12.2. The van der Waals surface area contributed by atoms with Gasteiger partial charge in [-0.05, 0) is 136 Å². The van der Waals surface area contributed by atoms with Gasteiger partial charge in [0.2, 0.25) is 5.89 Å². The standard InChI is InChI=1S/C61H40N2O2S/c1-4-16-44(17-5-1)61-62-56-35-31-43-28-27-42-30-33-48(39-54(42)59(43)60(56)65-61)63(47-32-29-41-15-10-11-18-45(41)37-47)46-19-14-24-51(38-46)66(49-20-6-2-7-21-49,50-22-8-3-9-23-50)52-34-36-58-55(40-52)53-25-12-13-26-57(53)64-58/h1-40H. The van der Waals surface area contributed by atoms with Gasteiger partial charge in [-0.15, -0.1) is 10.0 Å². The molecule has 13 rings (SSSR count). The zero-order valence-corrected chi connectivity index (χ0v) is 36.5. The van der Waals surface area contributed by atoms with E-state index in [1.54, 1.807) is 0 Å². The molecule has 0 spiro atoms. The Labute approximate surface area is 382 Å². The monoisotopic (exact) mass is 864 g/mol. The fraction of sp³-hybridized carbons (Fsp3) is 0. The number of benzene rings is 11. The molecule has 5 heteroatoms. The summed E-state index contributed by atoms with van der Waals surface area (Å²) in [6.45, 7) is 0. The van der Waals surface area contributed by atoms with E-state index in [1.165, 1.54) is 30.4 Å². The lowest BCUT2D eigenvalue weighted by molar-refractivity contribution is 0.623. The molecule has 0 radical (unpaired) electrons. The third-order valence-electron chi connectivity index (χ3n) is 12.9. The van der Waals surface area contributed by atoms with E-state index >= 15 is 0 Å². The molecule has 0 aliphatic heterocycles. The Morgan fingerprint density at radius 2 is 0.939 bits per heavy atom. The Hall–Kier alpha value is -8.38. The summed E-state index contributed by atoms with van der Waals surface area (Å²) in [5.41, 5.74) is 7.50. The first-order valence-electron chi connectivity index (χ1n) is 22.2. The first-order chi connectivity index (χ1) is 32.7. The molecule has 0 saturated heterocycles. The van der Waals surface area contributed by atoms with Crippen molar-refractivity contribution in [2.45, 2.75) is 19.6 Å². The molecule has 0 fully saturated rings. The van der Waals surface area contributed by atoms with Crippen LogP contribution in [0.5, 0.6) is 0 Å². The third-order valence-corrected chi connectivity index (χ3v) is 16.8. The van der Waals surface area contributed by atoms with Crippen LogP contribution in [0, 0.1) is 0 Å². The molecule has 0 bridgehead atoms. The second-order valence-corrected chi connectivity index (χ2v) is 19.8. The quantitative estimate of drug-likeness (QED) is 0.143. The van der Waals surface area contributed by atoms with Crippen LogP contribution in [-0.4, -0.2) is 4.98 Å². The first-order valence-corrected chi connectivity index (χ1v) is 23.9. The molecule has 13 aromatic rings. The molecule has 4 nitrogen and oxygen atoms in total. The summed E-state index contributed by atoms with van der Waals surface area (Å²) in [7, 11) is -2.10. The summed E-state index contributed by atoms with van der Waals surface area (Å²) in [6, 6.07) is 87.5. The second-order valence-electron chi connectivity index (χ2n) is 16.7. The van der Waals surface area contributed by atoms with Crippen LogP contribution in [0.2, 0.25) is 0 Å². The zero-order valence-electron chi connectivity index (χ0n) is 35.7. The van der Waals surface area contributed by atoms with Crippen molar-refractivity contribution in [3.05, 3.63) is 243 Å². The molecule has 0 atom stereocenters. The second kappa shape index (κ2) is 15.4. The summed E-state index contributed by atoms with van der Waals surface area (Å²) in [5.74, 6) is 0.615. The Kier molecular flexibility index (Phi) is 8.90. The number of oxazole rings is 1. The van der Waals surface area contributed by atoms with E-state index in [-0.39, 0.29) is 0 Å². The van der Waals surface area contributed by atoms with Crippen LogP contribution in [0.3, 0.4) is 0 Å². The highest BCUT2D eigenvalue weighted by Gasteiger charge is 2.34. The van der Waals surface area contributed by atoms with Crippen LogP contribution >= 0.6 is 10.0 Å². The minimum Gasteiger partial charge on any atom is -0.456 e. The minimum absolute atomic E-state index is 0.615. The Balaban J connectivity index is 1.07. The molecular weight excluding hydrogens is 825 g/mol. The van der Waals surface area contributed by atoms with Gasteiger partial charge < -0.3 is 13.7 Å². The van der Waals surface area contributed by atoms with E-state index < -0.39 is 10.0 Å². The largest absolute Gasteiger partial charge is 0.456 e. The highest BCUT2D eigenvalue weighted by molar-refractivity contribution is 8.34. The number of hydrogen-bond donors (Lipinski definition) is 0. The van der Waals surface area contributed by atoms with Crippen LogP contribution in [0.25, 0.3) is 76.8 Å². The highest BCUT2D eigenvalue weighted by atomic mass is 32.3. The number of fused-ring (bicyclic) bond motifs is 9. The van der Waals surface area contributed by atoms with Gasteiger partial charge in [-0.3, -0.25) is 0 Å². The van der Waals surface area contributed by atoms with Gasteiger partial charge >= 0.3 is 0 Å². The van der Waals surface area contributed by atoms with Gasteiger partial charge in [0, 0.05) is 58.4 Å². The fourth-order valence-corrected chi connectivity index (χ4v) is 13.8. The van der Waals surface area contributed by atoms with Crippen molar-refractivity contribution in [3.63, 3.8) is 0 Å². The van der Waals surface area contributed by atoms with E-state index in [4.69, 9.17) is 13.8 Å². The van der Waals surface area contributed by atoms with Crippen molar-refractivity contribution in [3.8, 4) is 11.5 Å². The molecule has 0 aliphatic carbocycles. The molecule has 0 amide bonds. The van der Waals surface area contributed by atoms with E-state index in [0.29, 0.717) is 5.89 Å². The molecule has 2 aromatic heterocycles. The summed E-state index contributed by atoms with van der Waals surface area (Å²) < 4.78 is 13.1. The van der Waals surface area contributed by atoms with E-state index in [2.05, 4.69) is 211 Å².